The molecular formula is C7H18O. The maximum atomic E-state index is 4.84. The minimum Gasteiger partial charge on any atom is -0.385 e. The van der Waals surface area contributed by atoms with Crippen LogP contribution >= 0.6 is 0 Å². The molecule has 0 aliphatic rings. The molecule has 0 heterocycles. The molecule has 1 nitrogen and oxygen atoms in total. The van der Waals surface area contributed by atoms with E-state index >= 15 is 0 Å². The molecule has 0 rings (SSSR count). The van der Waals surface area contributed by atoms with Crippen molar-refractivity contribution < 1.29 is 4.74 Å². The van der Waals surface area contributed by atoms with Gasteiger partial charge in [-0.25, -0.2) is 0 Å². The van der Waals surface area contributed by atoms with Crippen molar-refractivity contribution in [3.63, 3.8) is 0 Å². The van der Waals surface area contributed by atoms with Crippen LogP contribution in [0, 0.1) is 0 Å². The lowest BCUT2D eigenvalue weighted by atomic mass is 10.3. The first-order valence-corrected chi connectivity index (χ1v) is 2.90. The van der Waals surface area contributed by atoms with E-state index in [1.165, 1.54) is 19.3 Å². The van der Waals surface area contributed by atoms with Gasteiger partial charge in [0.05, 0.1) is 0 Å². The summed E-state index contributed by atoms with van der Waals surface area (Å²) in [5.41, 5.74) is 0. The Hall–Kier alpha value is -0.0400. The first kappa shape index (κ1) is 10.9. The van der Waals surface area contributed by atoms with Crippen LogP contribution < -0.4 is 0 Å². The van der Waals surface area contributed by atoms with E-state index in [-0.39, 0.29) is 7.43 Å². The maximum Gasteiger partial charge on any atom is 0.0462 e. The Morgan fingerprint density at radius 1 is 1.25 bits per heavy atom. The normalized spacial score (nSPS) is 8.25. The lowest BCUT2D eigenvalue weighted by molar-refractivity contribution is 0.192. The molecule has 0 radical (unpaired) electrons. The predicted molar refractivity (Wildman–Crippen MR) is 38.1 cm³/mol. The van der Waals surface area contributed by atoms with Crippen LogP contribution in [-0.2, 0) is 4.74 Å². The fraction of sp³-hybridized carbons (Fsp3) is 1.00. The lowest BCUT2D eigenvalue weighted by Crippen LogP contribution is -1.85. The van der Waals surface area contributed by atoms with E-state index in [2.05, 4.69) is 6.92 Å². The van der Waals surface area contributed by atoms with Gasteiger partial charge in [0.2, 0.25) is 0 Å². The molecule has 0 unspecified atom stereocenters. The second-order valence-electron chi connectivity index (χ2n) is 1.70. The van der Waals surface area contributed by atoms with Crippen molar-refractivity contribution in [1.29, 1.82) is 0 Å². The van der Waals surface area contributed by atoms with Crippen molar-refractivity contribution in [1.82, 2.24) is 0 Å². The Labute approximate surface area is 53.0 Å². The van der Waals surface area contributed by atoms with Crippen LogP contribution in [0.4, 0.5) is 0 Å². The van der Waals surface area contributed by atoms with Gasteiger partial charge >= 0.3 is 0 Å². The molecule has 0 spiro atoms. The highest BCUT2D eigenvalue weighted by molar-refractivity contribution is 4.32. The van der Waals surface area contributed by atoms with Gasteiger partial charge in [0.25, 0.3) is 0 Å². The van der Waals surface area contributed by atoms with E-state index in [1.54, 1.807) is 7.11 Å². The van der Waals surface area contributed by atoms with Gasteiger partial charge in [-0.15, -0.1) is 0 Å². The molecule has 0 atom stereocenters. The van der Waals surface area contributed by atoms with E-state index in [1.807, 2.05) is 0 Å². The van der Waals surface area contributed by atoms with Crippen molar-refractivity contribution in [3.8, 4) is 0 Å². The first-order valence-electron chi connectivity index (χ1n) is 2.90. The zero-order valence-corrected chi connectivity index (χ0v) is 5.24. The second kappa shape index (κ2) is 10.0. The zero-order chi connectivity index (χ0) is 5.54. The Kier molecular flexibility index (Phi) is 13.6. The minimum absolute atomic E-state index is 0. The van der Waals surface area contributed by atoms with Gasteiger partial charge in [-0.05, 0) is 6.42 Å². The molecule has 0 amide bonds. The van der Waals surface area contributed by atoms with E-state index < -0.39 is 0 Å². The average molecular weight is 118 g/mol. The molecule has 1 heteroatoms. The number of unbranched alkanes of at least 4 members (excludes halogenated alkanes) is 2. The molecule has 0 aliphatic heterocycles. The Balaban J connectivity index is 0. The van der Waals surface area contributed by atoms with Crippen molar-refractivity contribution in [2.24, 2.45) is 0 Å². The van der Waals surface area contributed by atoms with Crippen LogP contribution in [0.5, 0.6) is 0 Å². The van der Waals surface area contributed by atoms with Crippen molar-refractivity contribution in [3.05, 3.63) is 0 Å². The summed E-state index contributed by atoms with van der Waals surface area (Å²) in [7, 11) is 1.75. The molecule has 8 heavy (non-hydrogen) atoms. The van der Waals surface area contributed by atoms with Crippen molar-refractivity contribution in [2.75, 3.05) is 13.7 Å². The minimum atomic E-state index is 0. The molecule has 52 valence electrons. The number of rotatable bonds is 4. The third-order valence-electron chi connectivity index (χ3n) is 0.952. The number of hydrogen-bond donors (Lipinski definition) is 0. The fourth-order valence-corrected chi connectivity index (χ4v) is 0.496. The smallest absolute Gasteiger partial charge is 0.0462 e. The van der Waals surface area contributed by atoms with Crippen LogP contribution in [0.25, 0.3) is 0 Å². The maximum absolute atomic E-state index is 4.84. The third-order valence-corrected chi connectivity index (χ3v) is 0.952. The van der Waals surface area contributed by atoms with Crippen LogP contribution in [0.3, 0.4) is 0 Å². The number of hydrogen-bond acceptors (Lipinski definition) is 1. The molecule has 0 aromatic carbocycles. The quantitative estimate of drug-likeness (QED) is 0.515. The van der Waals surface area contributed by atoms with Gasteiger partial charge in [-0.1, -0.05) is 27.2 Å². The molecule has 0 aromatic heterocycles. The van der Waals surface area contributed by atoms with Crippen molar-refractivity contribution >= 4 is 0 Å². The van der Waals surface area contributed by atoms with Gasteiger partial charge in [0, 0.05) is 13.7 Å². The standard InChI is InChI=1S/C6H14O.CH4/c1-3-4-5-6-7-2;/h3-6H2,1-2H3;1H4. The molecule has 0 aliphatic carbocycles. The average Bonchev–Trinajstić information content (AvgIpc) is 1.69. The summed E-state index contributed by atoms with van der Waals surface area (Å²) in [5.74, 6) is 0. The molecule has 0 saturated heterocycles. The van der Waals surface area contributed by atoms with Gasteiger partial charge in [0.1, 0.15) is 0 Å². The summed E-state index contributed by atoms with van der Waals surface area (Å²) >= 11 is 0. The van der Waals surface area contributed by atoms with Crippen molar-refractivity contribution in [2.45, 2.75) is 33.6 Å². The summed E-state index contributed by atoms with van der Waals surface area (Å²) in [4.78, 5) is 0. The van der Waals surface area contributed by atoms with Crippen LogP contribution in [0.1, 0.15) is 33.6 Å². The molecule has 0 N–H and O–H groups in total. The summed E-state index contributed by atoms with van der Waals surface area (Å²) < 4.78 is 4.84. The van der Waals surface area contributed by atoms with Crippen LogP contribution in [0.2, 0.25) is 0 Å². The van der Waals surface area contributed by atoms with E-state index in [9.17, 15) is 0 Å². The third kappa shape index (κ3) is 9.35. The largest absolute Gasteiger partial charge is 0.385 e. The van der Waals surface area contributed by atoms with Gasteiger partial charge in [0.15, 0.2) is 0 Å². The number of ether oxygens (including phenoxy) is 1. The molecule has 0 saturated carbocycles. The van der Waals surface area contributed by atoms with E-state index in [4.69, 9.17) is 4.74 Å². The highest BCUT2D eigenvalue weighted by atomic mass is 16.5. The molecule has 0 aromatic rings. The van der Waals surface area contributed by atoms with E-state index in [0.717, 1.165) is 6.61 Å². The topological polar surface area (TPSA) is 9.23 Å². The lowest BCUT2D eigenvalue weighted by Gasteiger charge is -1.92. The molecule has 0 fully saturated rings. The summed E-state index contributed by atoms with van der Waals surface area (Å²) in [5, 5.41) is 0. The fourth-order valence-electron chi connectivity index (χ4n) is 0.496. The summed E-state index contributed by atoms with van der Waals surface area (Å²) in [6.45, 7) is 3.11. The second-order valence-corrected chi connectivity index (χ2v) is 1.70. The Bertz CT molecular complexity index is 23.6. The Morgan fingerprint density at radius 2 is 1.88 bits per heavy atom. The summed E-state index contributed by atoms with van der Waals surface area (Å²) in [6, 6.07) is 0. The monoisotopic (exact) mass is 118 g/mol. The highest BCUT2D eigenvalue weighted by Crippen LogP contribution is 1.91. The summed E-state index contributed by atoms with van der Waals surface area (Å²) in [6.07, 6.45) is 3.80. The predicted octanol–water partition coefficient (Wildman–Crippen LogP) is 2.46. The molecule has 0 bridgehead atoms. The molecular weight excluding hydrogens is 100 g/mol. The first-order chi connectivity index (χ1) is 3.41. The Morgan fingerprint density at radius 3 is 2.25 bits per heavy atom. The zero-order valence-electron chi connectivity index (χ0n) is 5.24. The SMILES string of the molecule is C.CCCCCOC. The van der Waals surface area contributed by atoms with Gasteiger partial charge < -0.3 is 4.74 Å². The van der Waals surface area contributed by atoms with Crippen LogP contribution in [-0.4, -0.2) is 13.7 Å². The highest BCUT2D eigenvalue weighted by Gasteiger charge is 1.79. The van der Waals surface area contributed by atoms with Gasteiger partial charge in [-0.3, -0.25) is 0 Å². The number of methoxy groups -OCH3 is 1. The van der Waals surface area contributed by atoms with E-state index in [0.29, 0.717) is 0 Å². The van der Waals surface area contributed by atoms with Crippen LogP contribution in [0.15, 0.2) is 0 Å². The van der Waals surface area contributed by atoms with Gasteiger partial charge in [-0.2, -0.15) is 0 Å².